The van der Waals surface area contributed by atoms with Crippen molar-refractivity contribution in [1.82, 2.24) is 9.78 Å². The summed E-state index contributed by atoms with van der Waals surface area (Å²) in [5.74, 6) is -0.0753. The van der Waals surface area contributed by atoms with Gasteiger partial charge < -0.3 is 11.1 Å². The van der Waals surface area contributed by atoms with E-state index in [2.05, 4.69) is 10.4 Å². The number of amides is 1. The van der Waals surface area contributed by atoms with Crippen LogP contribution in [-0.4, -0.2) is 21.7 Å². The van der Waals surface area contributed by atoms with Gasteiger partial charge in [-0.05, 0) is 11.5 Å². The van der Waals surface area contributed by atoms with Gasteiger partial charge in [0.15, 0.2) is 0 Å². The zero-order valence-electron chi connectivity index (χ0n) is 12.2. The lowest BCUT2D eigenvalue weighted by Crippen LogP contribution is -2.39. The first-order valence-corrected chi connectivity index (χ1v) is 6.69. The molecule has 1 aromatic heterocycles. The fraction of sp³-hybridized carbons (Fsp3) is 0.333. The number of carbonyl (C=O) groups excluding carboxylic acids is 1. The maximum Gasteiger partial charge on any atom is 0.241 e. The number of carbonyl (C=O) groups is 1. The molecule has 2 rings (SSSR count). The molecule has 5 nitrogen and oxygen atoms in total. The van der Waals surface area contributed by atoms with Crippen LogP contribution in [0.4, 0.5) is 5.69 Å². The predicted octanol–water partition coefficient (Wildman–Crippen LogP) is 2.27. The summed E-state index contributed by atoms with van der Waals surface area (Å²) >= 11 is 0. The molecule has 0 saturated heterocycles. The molecule has 2 aromatic rings. The Bertz CT molecular complexity index is 568. The van der Waals surface area contributed by atoms with Crippen LogP contribution in [0.1, 0.15) is 19.4 Å². The Hall–Kier alpha value is -1.85. The fourth-order valence-corrected chi connectivity index (χ4v) is 1.81. The van der Waals surface area contributed by atoms with Crippen LogP contribution >= 0.6 is 12.4 Å². The normalized spacial score (nSPS) is 11.8. The average Bonchev–Trinajstić information content (AvgIpc) is 2.86. The minimum atomic E-state index is -0.507. The summed E-state index contributed by atoms with van der Waals surface area (Å²) < 4.78 is 1.78. The molecule has 0 aliphatic rings. The maximum atomic E-state index is 11.8. The first-order valence-electron chi connectivity index (χ1n) is 6.69. The Balaban J connectivity index is 0.00000220. The molecule has 1 atom stereocenters. The number of nitrogens with one attached hydrogen (secondary N) is 1. The molecule has 0 radical (unpaired) electrons. The van der Waals surface area contributed by atoms with Crippen LogP contribution in [0.5, 0.6) is 0 Å². The highest BCUT2D eigenvalue weighted by atomic mass is 35.5. The van der Waals surface area contributed by atoms with E-state index in [4.69, 9.17) is 5.73 Å². The predicted molar refractivity (Wildman–Crippen MR) is 86.5 cm³/mol. The molecule has 1 aromatic carbocycles. The second-order valence-electron chi connectivity index (χ2n) is 5.17. The van der Waals surface area contributed by atoms with Gasteiger partial charge in [-0.15, -0.1) is 12.4 Å². The van der Waals surface area contributed by atoms with Gasteiger partial charge in [-0.25, -0.2) is 0 Å². The van der Waals surface area contributed by atoms with Gasteiger partial charge in [0, 0.05) is 6.20 Å². The van der Waals surface area contributed by atoms with Crippen LogP contribution in [0, 0.1) is 5.92 Å². The van der Waals surface area contributed by atoms with Crippen molar-refractivity contribution in [3.63, 3.8) is 0 Å². The zero-order chi connectivity index (χ0) is 14.5. The molecule has 0 aliphatic carbocycles. The Labute approximate surface area is 130 Å². The van der Waals surface area contributed by atoms with Gasteiger partial charge in [-0.3, -0.25) is 9.48 Å². The summed E-state index contributed by atoms with van der Waals surface area (Å²) in [6.07, 6.45) is 3.44. The van der Waals surface area contributed by atoms with Crippen molar-refractivity contribution in [2.75, 3.05) is 5.32 Å². The number of anilines is 1. The third-order valence-electron chi connectivity index (χ3n) is 3.11. The minimum Gasteiger partial charge on any atom is -0.322 e. The van der Waals surface area contributed by atoms with Crippen molar-refractivity contribution in [3.05, 3.63) is 48.3 Å². The van der Waals surface area contributed by atoms with Gasteiger partial charge in [0.05, 0.1) is 24.5 Å². The Morgan fingerprint density at radius 3 is 2.62 bits per heavy atom. The number of nitrogens with zero attached hydrogens (tertiary/aromatic N) is 2. The van der Waals surface area contributed by atoms with Crippen molar-refractivity contribution < 1.29 is 4.79 Å². The Morgan fingerprint density at radius 1 is 1.33 bits per heavy atom. The van der Waals surface area contributed by atoms with E-state index in [0.29, 0.717) is 12.2 Å². The largest absolute Gasteiger partial charge is 0.322 e. The quantitative estimate of drug-likeness (QED) is 0.890. The summed E-state index contributed by atoms with van der Waals surface area (Å²) in [5.41, 5.74) is 7.63. The van der Waals surface area contributed by atoms with Crippen molar-refractivity contribution in [2.45, 2.75) is 26.4 Å². The molecule has 114 valence electrons. The molecule has 3 N–H and O–H groups in total. The lowest BCUT2D eigenvalue weighted by atomic mass is 10.1. The molecule has 0 spiro atoms. The number of nitrogens with two attached hydrogens (primary N) is 1. The van der Waals surface area contributed by atoms with E-state index < -0.39 is 6.04 Å². The van der Waals surface area contributed by atoms with Gasteiger partial charge in [-0.2, -0.15) is 5.10 Å². The number of hydrogen-bond acceptors (Lipinski definition) is 3. The van der Waals surface area contributed by atoms with E-state index in [9.17, 15) is 4.79 Å². The molecule has 0 fully saturated rings. The van der Waals surface area contributed by atoms with Gasteiger partial charge in [-0.1, -0.05) is 44.2 Å². The summed E-state index contributed by atoms with van der Waals surface area (Å²) in [4.78, 5) is 11.8. The highest BCUT2D eigenvalue weighted by Gasteiger charge is 2.17. The lowest BCUT2D eigenvalue weighted by molar-refractivity contribution is -0.118. The topological polar surface area (TPSA) is 72.9 Å². The monoisotopic (exact) mass is 308 g/mol. The Morgan fingerprint density at radius 2 is 2.00 bits per heavy atom. The van der Waals surface area contributed by atoms with E-state index in [1.165, 1.54) is 0 Å². The van der Waals surface area contributed by atoms with E-state index in [1.54, 1.807) is 17.1 Å². The first kappa shape index (κ1) is 17.2. The van der Waals surface area contributed by atoms with Crippen LogP contribution in [0.15, 0.2) is 42.7 Å². The van der Waals surface area contributed by atoms with Crippen LogP contribution in [0.2, 0.25) is 0 Å². The van der Waals surface area contributed by atoms with E-state index in [-0.39, 0.29) is 24.2 Å². The van der Waals surface area contributed by atoms with Gasteiger partial charge in [0.1, 0.15) is 0 Å². The smallest absolute Gasteiger partial charge is 0.241 e. The molecule has 0 bridgehead atoms. The number of hydrogen-bond donors (Lipinski definition) is 2. The maximum absolute atomic E-state index is 11.8. The molecule has 0 saturated carbocycles. The lowest BCUT2D eigenvalue weighted by Gasteiger charge is -2.14. The summed E-state index contributed by atoms with van der Waals surface area (Å²) in [7, 11) is 0. The fourth-order valence-electron chi connectivity index (χ4n) is 1.81. The molecule has 1 heterocycles. The van der Waals surface area contributed by atoms with Crippen molar-refractivity contribution in [1.29, 1.82) is 0 Å². The standard InChI is InChI=1S/C15H20N4O.ClH/c1-11(2)14(16)15(20)18-13-8-17-19(10-13)9-12-6-4-3-5-7-12;/h3-8,10-11,14H,9,16H2,1-2H3,(H,18,20);1H/t14-;/m1./s1. The van der Waals surface area contributed by atoms with Crippen LogP contribution in [0.3, 0.4) is 0 Å². The van der Waals surface area contributed by atoms with Crippen molar-refractivity contribution in [3.8, 4) is 0 Å². The summed E-state index contributed by atoms with van der Waals surface area (Å²) in [5, 5.41) is 7.01. The number of benzene rings is 1. The van der Waals surface area contributed by atoms with E-state index in [0.717, 1.165) is 5.56 Å². The number of aromatic nitrogens is 2. The van der Waals surface area contributed by atoms with Crippen LogP contribution < -0.4 is 11.1 Å². The molecular weight excluding hydrogens is 288 g/mol. The molecule has 0 aliphatic heterocycles. The molecule has 6 heteroatoms. The van der Waals surface area contributed by atoms with E-state index in [1.807, 2.05) is 44.2 Å². The minimum absolute atomic E-state index is 0. The average molecular weight is 309 g/mol. The number of rotatable bonds is 5. The van der Waals surface area contributed by atoms with Crippen LogP contribution in [0.25, 0.3) is 0 Å². The third kappa shape index (κ3) is 4.88. The summed E-state index contributed by atoms with van der Waals surface area (Å²) in [6.45, 7) is 4.51. The highest BCUT2D eigenvalue weighted by molar-refractivity contribution is 5.94. The van der Waals surface area contributed by atoms with E-state index >= 15 is 0 Å². The second-order valence-corrected chi connectivity index (χ2v) is 5.17. The van der Waals surface area contributed by atoms with Gasteiger partial charge in [0.25, 0.3) is 0 Å². The molecular formula is C15H21ClN4O. The third-order valence-corrected chi connectivity index (χ3v) is 3.11. The first-order chi connectivity index (χ1) is 9.56. The Kier molecular flexibility index (Phi) is 6.39. The highest BCUT2D eigenvalue weighted by Crippen LogP contribution is 2.09. The molecule has 1 amide bonds. The molecule has 21 heavy (non-hydrogen) atoms. The SMILES string of the molecule is CC(C)[C@@H](N)C(=O)Nc1cnn(Cc2ccccc2)c1.Cl. The van der Waals surface area contributed by atoms with Gasteiger partial charge >= 0.3 is 0 Å². The van der Waals surface area contributed by atoms with Crippen LogP contribution in [-0.2, 0) is 11.3 Å². The van der Waals surface area contributed by atoms with Crippen molar-refractivity contribution >= 4 is 24.0 Å². The number of halogens is 1. The van der Waals surface area contributed by atoms with Crippen molar-refractivity contribution in [2.24, 2.45) is 11.7 Å². The molecule has 0 unspecified atom stereocenters. The second kappa shape index (κ2) is 7.81. The van der Waals surface area contributed by atoms with Gasteiger partial charge in [0.2, 0.25) is 5.91 Å². The summed E-state index contributed by atoms with van der Waals surface area (Å²) in [6, 6.07) is 9.52. The zero-order valence-corrected chi connectivity index (χ0v) is 13.0.